The van der Waals surface area contributed by atoms with Crippen LogP contribution in [0.5, 0.6) is 0 Å². The molecule has 0 fully saturated rings. The Kier molecular flexibility index (Phi) is 3.01. The third kappa shape index (κ3) is 2.27. The molecule has 0 radical (unpaired) electrons. The van der Waals surface area contributed by atoms with Gasteiger partial charge in [-0.2, -0.15) is 0 Å². The van der Waals surface area contributed by atoms with Gasteiger partial charge in [-0.15, -0.1) is 0 Å². The van der Waals surface area contributed by atoms with Crippen molar-refractivity contribution in [1.82, 2.24) is 10.3 Å². The number of carbonyl (C=O) groups excluding carboxylic acids is 1. The molecule has 0 saturated carbocycles. The standard InChI is InChI=1S/C12H13BrN2O/c1-7(2)14-12(16)11-5-8-3-4-9(13)6-10(8)15-11/h3-7,15H,1-2H3,(H,14,16). The molecule has 84 valence electrons. The van der Waals surface area contributed by atoms with Crippen LogP contribution in [0.1, 0.15) is 24.3 Å². The van der Waals surface area contributed by atoms with Crippen LogP contribution in [-0.4, -0.2) is 16.9 Å². The molecule has 1 aromatic carbocycles. The second-order valence-electron chi connectivity index (χ2n) is 4.04. The van der Waals surface area contributed by atoms with Gasteiger partial charge in [0.1, 0.15) is 5.69 Å². The average molecular weight is 281 g/mol. The van der Waals surface area contributed by atoms with E-state index in [4.69, 9.17) is 0 Å². The maximum Gasteiger partial charge on any atom is 0.267 e. The van der Waals surface area contributed by atoms with Crippen LogP contribution in [0.2, 0.25) is 0 Å². The highest BCUT2D eigenvalue weighted by Crippen LogP contribution is 2.20. The van der Waals surface area contributed by atoms with Crippen molar-refractivity contribution in [3.63, 3.8) is 0 Å². The third-order valence-electron chi connectivity index (χ3n) is 2.25. The van der Waals surface area contributed by atoms with Crippen LogP contribution in [0.4, 0.5) is 0 Å². The summed E-state index contributed by atoms with van der Waals surface area (Å²) >= 11 is 3.40. The molecule has 0 aliphatic carbocycles. The van der Waals surface area contributed by atoms with Crippen LogP contribution < -0.4 is 5.32 Å². The molecule has 2 aromatic rings. The molecule has 0 bridgehead atoms. The lowest BCUT2D eigenvalue weighted by Gasteiger charge is -2.05. The zero-order valence-electron chi connectivity index (χ0n) is 9.17. The van der Waals surface area contributed by atoms with Gasteiger partial charge in [0.15, 0.2) is 0 Å². The lowest BCUT2D eigenvalue weighted by atomic mass is 10.2. The molecule has 1 amide bonds. The summed E-state index contributed by atoms with van der Waals surface area (Å²) in [5.74, 6) is -0.0673. The Morgan fingerprint density at radius 2 is 2.12 bits per heavy atom. The zero-order valence-corrected chi connectivity index (χ0v) is 10.8. The number of hydrogen-bond donors (Lipinski definition) is 2. The highest BCUT2D eigenvalue weighted by molar-refractivity contribution is 9.10. The van der Waals surface area contributed by atoms with Crippen molar-refractivity contribution >= 4 is 32.7 Å². The Morgan fingerprint density at radius 3 is 2.81 bits per heavy atom. The van der Waals surface area contributed by atoms with Gasteiger partial charge in [-0.25, -0.2) is 0 Å². The number of halogens is 1. The lowest BCUT2D eigenvalue weighted by Crippen LogP contribution is -2.30. The monoisotopic (exact) mass is 280 g/mol. The van der Waals surface area contributed by atoms with Crippen molar-refractivity contribution in [1.29, 1.82) is 0 Å². The summed E-state index contributed by atoms with van der Waals surface area (Å²) in [6.07, 6.45) is 0. The molecule has 0 aliphatic rings. The topological polar surface area (TPSA) is 44.9 Å². The van der Waals surface area contributed by atoms with E-state index in [1.807, 2.05) is 38.1 Å². The predicted octanol–water partition coefficient (Wildman–Crippen LogP) is 3.07. The molecule has 1 heterocycles. The van der Waals surface area contributed by atoms with Gasteiger partial charge < -0.3 is 10.3 Å². The number of rotatable bonds is 2. The van der Waals surface area contributed by atoms with E-state index in [9.17, 15) is 4.79 Å². The van der Waals surface area contributed by atoms with Crippen molar-refractivity contribution < 1.29 is 4.79 Å². The van der Waals surface area contributed by atoms with E-state index in [0.717, 1.165) is 15.4 Å². The number of aromatic amines is 1. The maximum atomic E-state index is 11.8. The molecule has 1 aromatic heterocycles. The van der Waals surface area contributed by atoms with E-state index >= 15 is 0 Å². The Labute approximate surface area is 102 Å². The molecule has 0 aliphatic heterocycles. The molecular formula is C12H13BrN2O. The highest BCUT2D eigenvalue weighted by Gasteiger charge is 2.10. The number of fused-ring (bicyclic) bond motifs is 1. The fraction of sp³-hybridized carbons (Fsp3) is 0.250. The molecular weight excluding hydrogens is 268 g/mol. The summed E-state index contributed by atoms with van der Waals surface area (Å²) in [6, 6.07) is 7.90. The number of amides is 1. The van der Waals surface area contributed by atoms with E-state index < -0.39 is 0 Å². The van der Waals surface area contributed by atoms with Crippen molar-refractivity contribution in [2.75, 3.05) is 0 Å². The smallest absolute Gasteiger partial charge is 0.267 e. The van der Waals surface area contributed by atoms with E-state index in [1.165, 1.54) is 0 Å². The second-order valence-corrected chi connectivity index (χ2v) is 4.96. The maximum absolute atomic E-state index is 11.8. The molecule has 3 nitrogen and oxygen atoms in total. The fourth-order valence-electron chi connectivity index (χ4n) is 1.56. The van der Waals surface area contributed by atoms with Gasteiger partial charge in [-0.3, -0.25) is 4.79 Å². The zero-order chi connectivity index (χ0) is 11.7. The van der Waals surface area contributed by atoms with Gasteiger partial charge in [0.2, 0.25) is 0 Å². The molecule has 2 rings (SSSR count). The normalized spacial score (nSPS) is 11.0. The fourth-order valence-corrected chi connectivity index (χ4v) is 1.92. The first-order chi connectivity index (χ1) is 7.56. The van der Waals surface area contributed by atoms with Crippen molar-refractivity contribution in [2.45, 2.75) is 19.9 Å². The van der Waals surface area contributed by atoms with Crippen LogP contribution in [0.15, 0.2) is 28.7 Å². The van der Waals surface area contributed by atoms with Gasteiger partial charge in [-0.05, 0) is 32.0 Å². The summed E-state index contributed by atoms with van der Waals surface area (Å²) in [4.78, 5) is 14.9. The van der Waals surface area contributed by atoms with Gasteiger partial charge >= 0.3 is 0 Å². The van der Waals surface area contributed by atoms with Gasteiger partial charge in [-0.1, -0.05) is 22.0 Å². The number of hydrogen-bond acceptors (Lipinski definition) is 1. The molecule has 2 N–H and O–H groups in total. The average Bonchev–Trinajstić information content (AvgIpc) is 2.59. The first kappa shape index (κ1) is 11.2. The van der Waals surface area contributed by atoms with Crippen molar-refractivity contribution in [2.24, 2.45) is 0 Å². The van der Waals surface area contributed by atoms with Crippen LogP contribution >= 0.6 is 15.9 Å². The summed E-state index contributed by atoms with van der Waals surface area (Å²) in [7, 11) is 0. The number of nitrogens with one attached hydrogen (secondary N) is 2. The van der Waals surface area contributed by atoms with E-state index in [0.29, 0.717) is 5.69 Å². The number of aromatic nitrogens is 1. The van der Waals surface area contributed by atoms with Gasteiger partial charge in [0.25, 0.3) is 5.91 Å². The third-order valence-corrected chi connectivity index (χ3v) is 2.74. The number of benzene rings is 1. The molecule has 4 heteroatoms. The van der Waals surface area contributed by atoms with Crippen LogP contribution in [0, 0.1) is 0 Å². The molecule has 0 unspecified atom stereocenters. The molecule has 0 atom stereocenters. The van der Waals surface area contributed by atoms with E-state index in [-0.39, 0.29) is 11.9 Å². The number of carbonyl (C=O) groups is 1. The first-order valence-corrected chi connectivity index (χ1v) is 5.94. The first-order valence-electron chi connectivity index (χ1n) is 5.15. The Morgan fingerprint density at radius 1 is 1.38 bits per heavy atom. The Bertz CT molecular complexity index is 531. The van der Waals surface area contributed by atoms with Crippen LogP contribution in [-0.2, 0) is 0 Å². The largest absolute Gasteiger partial charge is 0.350 e. The summed E-state index contributed by atoms with van der Waals surface area (Å²) in [6.45, 7) is 3.88. The Hall–Kier alpha value is -1.29. The minimum atomic E-state index is -0.0673. The molecule has 0 saturated heterocycles. The number of H-pyrrole nitrogens is 1. The van der Waals surface area contributed by atoms with Crippen LogP contribution in [0.25, 0.3) is 10.9 Å². The van der Waals surface area contributed by atoms with Gasteiger partial charge in [0, 0.05) is 21.4 Å². The summed E-state index contributed by atoms with van der Waals surface area (Å²) < 4.78 is 0.998. The summed E-state index contributed by atoms with van der Waals surface area (Å²) in [5, 5.41) is 3.89. The Balaban J connectivity index is 2.36. The summed E-state index contributed by atoms with van der Waals surface area (Å²) in [5.41, 5.74) is 1.56. The van der Waals surface area contributed by atoms with Crippen molar-refractivity contribution in [3.8, 4) is 0 Å². The molecule has 0 spiro atoms. The SMILES string of the molecule is CC(C)NC(=O)c1cc2ccc(Br)cc2[nH]1. The lowest BCUT2D eigenvalue weighted by molar-refractivity contribution is 0.0939. The minimum Gasteiger partial charge on any atom is -0.350 e. The second kappa shape index (κ2) is 4.29. The predicted molar refractivity (Wildman–Crippen MR) is 68.6 cm³/mol. The molecule has 16 heavy (non-hydrogen) atoms. The highest BCUT2D eigenvalue weighted by atomic mass is 79.9. The van der Waals surface area contributed by atoms with E-state index in [2.05, 4.69) is 26.2 Å². The van der Waals surface area contributed by atoms with E-state index in [1.54, 1.807) is 0 Å². The van der Waals surface area contributed by atoms with Crippen LogP contribution in [0.3, 0.4) is 0 Å². The quantitative estimate of drug-likeness (QED) is 0.873. The van der Waals surface area contributed by atoms with Crippen molar-refractivity contribution in [3.05, 3.63) is 34.4 Å². The van der Waals surface area contributed by atoms with Gasteiger partial charge in [0.05, 0.1) is 0 Å². The minimum absolute atomic E-state index is 0.0673.